The molecule has 1 N–H and O–H groups in total. The van der Waals surface area contributed by atoms with Crippen molar-refractivity contribution in [2.45, 2.75) is 25.9 Å². The van der Waals surface area contributed by atoms with Crippen molar-refractivity contribution in [1.82, 2.24) is 5.32 Å². The van der Waals surface area contributed by atoms with Gasteiger partial charge < -0.3 is 14.8 Å². The molecule has 1 aliphatic rings. The van der Waals surface area contributed by atoms with Crippen LogP contribution in [0.15, 0.2) is 18.2 Å². The Hall–Kier alpha value is -1.13. The van der Waals surface area contributed by atoms with Gasteiger partial charge >= 0.3 is 0 Å². The van der Waals surface area contributed by atoms with Gasteiger partial charge in [-0.1, -0.05) is 6.07 Å². The van der Waals surface area contributed by atoms with Crippen molar-refractivity contribution in [1.29, 1.82) is 0 Å². The molecule has 1 saturated heterocycles. The van der Waals surface area contributed by atoms with Crippen molar-refractivity contribution in [3.63, 3.8) is 0 Å². The third-order valence-corrected chi connectivity index (χ3v) is 3.52. The summed E-state index contributed by atoms with van der Waals surface area (Å²) in [6, 6.07) is 5.45. The average Bonchev–Trinajstić information content (AvgIpc) is 2.90. The molecule has 2 rings (SSSR count). The van der Waals surface area contributed by atoms with Gasteiger partial charge in [0.25, 0.3) is 0 Å². The first-order chi connectivity index (χ1) is 8.70. The van der Waals surface area contributed by atoms with E-state index in [-0.39, 0.29) is 11.6 Å². The highest BCUT2D eigenvalue weighted by Crippen LogP contribution is 2.19. The molecule has 0 bridgehead atoms. The van der Waals surface area contributed by atoms with Gasteiger partial charge in [0, 0.05) is 19.2 Å². The molecule has 0 spiro atoms. The van der Waals surface area contributed by atoms with Gasteiger partial charge in [0.05, 0.1) is 13.7 Å². The Bertz CT molecular complexity index is 391. The van der Waals surface area contributed by atoms with Crippen molar-refractivity contribution in [2.24, 2.45) is 5.92 Å². The van der Waals surface area contributed by atoms with E-state index in [1.807, 2.05) is 6.07 Å². The van der Waals surface area contributed by atoms with Crippen LogP contribution in [0.4, 0.5) is 4.39 Å². The van der Waals surface area contributed by atoms with E-state index in [4.69, 9.17) is 9.47 Å². The monoisotopic (exact) mass is 253 g/mol. The number of halogens is 1. The van der Waals surface area contributed by atoms with Crippen molar-refractivity contribution in [2.75, 3.05) is 20.3 Å². The summed E-state index contributed by atoms with van der Waals surface area (Å²) < 4.78 is 23.8. The zero-order valence-electron chi connectivity index (χ0n) is 10.9. The molecule has 1 aromatic rings. The van der Waals surface area contributed by atoms with E-state index in [2.05, 4.69) is 12.2 Å². The summed E-state index contributed by atoms with van der Waals surface area (Å²) in [5.74, 6) is 0.540. The fourth-order valence-corrected chi connectivity index (χ4v) is 2.21. The third-order valence-electron chi connectivity index (χ3n) is 3.52. The summed E-state index contributed by atoms with van der Waals surface area (Å²) in [5, 5.41) is 3.42. The molecule has 2 unspecified atom stereocenters. The number of nitrogens with one attached hydrogen (secondary N) is 1. The SMILES string of the molecule is COc1ccc(CNC(C)C2CCOC2)cc1F. The Morgan fingerprint density at radius 3 is 3.00 bits per heavy atom. The van der Waals surface area contributed by atoms with E-state index in [1.54, 1.807) is 6.07 Å². The van der Waals surface area contributed by atoms with Crippen molar-refractivity contribution >= 4 is 0 Å². The molecule has 1 aromatic carbocycles. The number of hydrogen-bond acceptors (Lipinski definition) is 3. The van der Waals surface area contributed by atoms with Gasteiger partial charge in [-0.15, -0.1) is 0 Å². The molecule has 0 radical (unpaired) electrons. The molecule has 1 fully saturated rings. The fourth-order valence-electron chi connectivity index (χ4n) is 2.21. The summed E-state index contributed by atoms with van der Waals surface area (Å²) >= 11 is 0. The normalized spacial score (nSPS) is 20.9. The van der Waals surface area contributed by atoms with E-state index in [1.165, 1.54) is 13.2 Å². The maximum atomic E-state index is 13.5. The van der Waals surface area contributed by atoms with Crippen LogP contribution in [0, 0.1) is 11.7 Å². The maximum Gasteiger partial charge on any atom is 0.165 e. The minimum absolute atomic E-state index is 0.288. The van der Waals surface area contributed by atoms with Gasteiger partial charge in [-0.25, -0.2) is 4.39 Å². The number of hydrogen-bond donors (Lipinski definition) is 1. The largest absolute Gasteiger partial charge is 0.494 e. The van der Waals surface area contributed by atoms with Crippen LogP contribution in [0.3, 0.4) is 0 Å². The maximum absolute atomic E-state index is 13.5. The lowest BCUT2D eigenvalue weighted by Crippen LogP contribution is -2.33. The van der Waals surface area contributed by atoms with E-state index in [9.17, 15) is 4.39 Å². The van der Waals surface area contributed by atoms with Crippen molar-refractivity contribution < 1.29 is 13.9 Å². The van der Waals surface area contributed by atoms with Crippen molar-refractivity contribution in [3.8, 4) is 5.75 Å². The first-order valence-corrected chi connectivity index (χ1v) is 6.34. The average molecular weight is 253 g/mol. The predicted octanol–water partition coefficient (Wildman–Crippen LogP) is 2.35. The van der Waals surface area contributed by atoms with Crippen LogP contribution >= 0.6 is 0 Å². The molecule has 1 heterocycles. The van der Waals surface area contributed by atoms with Gasteiger partial charge in [0.1, 0.15) is 0 Å². The fraction of sp³-hybridized carbons (Fsp3) is 0.571. The van der Waals surface area contributed by atoms with Crippen LogP contribution in [0.25, 0.3) is 0 Å². The van der Waals surface area contributed by atoms with Gasteiger partial charge in [0.15, 0.2) is 11.6 Å². The molecule has 4 heteroatoms. The molecule has 100 valence electrons. The molecular weight excluding hydrogens is 233 g/mol. The highest BCUT2D eigenvalue weighted by Gasteiger charge is 2.21. The Balaban J connectivity index is 1.87. The summed E-state index contributed by atoms with van der Waals surface area (Å²) in [6.45, 7) is 4.50. The van der Waals surface area contributed by atoms with E-state index >= 15 is 0 Å². The second-order valence-corrected chi connectivity index (χ2v) is 4.76. The first-order valence-electron chi connectivity index (χ1n) is 6.34. The van der Waals surface area contributed by atoms with E-state index in [0.29, 0.717) is 18.5 Å². The van der Waals surface area contributed by atoms with Gasteiger partial charge in [-0.2, -0.15) is 0 Å². The molecule has 0 amide bonds. The van der Waals surface area contributed by atoms with E-state index < -0.39 is 0 Å². The molecule has 3 nitrogen and oxygen atoms in total. The zero-order valence-corrected chi connectivity index (χ0v) is 10.9. The highest BCUT2D eigenvalue weighted by atomic mass is 19.1. The second kappa shape index (κ2) is 6.16. The summed E-state index contributed by atoms with van der Waals surface area (Å²) in [7, 11) is 1.47. The third kappa shape index (κ3) is 3.21. The molecule has 0 saturated carbocycles. The smallest absolute Gasteiger partial charge is 0.165 e. The van der Waals surface area contributed by atoms with Gasteiger partial charge in [0.2, 0.25) is 0 Å². The molecule has 0 aliphatic carbocycles. The Kier molecular flexibility index (Phi) is 4.55. The van der Waals surface area contributed by atoms with Crippen molar-refractivity contribution in [3.05, 3.63) is 29.6 Å². The lowest BCUT2D eigenvalue weighted by molar-refractivity contribution is 0.178. The van der Waals surface area contributed by atoms with Gasteiger partial charge in [-0.05, 0) is 37.0 Å². The van der Waals surface area contributed by atoms with Crippen LogP contribution in [0.1, 0.15) is 18.9 Å². The minimum Gasteiger partial charge on any atom is -0.494 e. The van der Waals surface area contributed by atoms with E-state index in [0.717, 1.165) is 25.2 Å². The number of ether oxygens (including phenoxy) is 2. The Labute approximate surface area is 107 Å². The standard InChI is InChI=1S/C14H20FNO2/c1-10(12-5-6-18-9-12)16-8-11-3-4-14(17-2)13(15)7-11/h3-4,7,10,12,16H,5-6,8-9H2,1-2H3. The Morgan fingerprint density at radius 1 is 1.56 bits per heavy atom. The number of benzene rings is 1. The molecule has 0 aromatic heterocycles. The van der Waals surface area contributed by atoms with Gasteiger partial charge in [-0.3, -0.25) is 0 Å². The summed E-state index contributed by atoms with van der Waals surface area (Å²) in [4.78, 5) is 0. The number of rotatable bonds is 5. The van der Waals surface area contributed by atoms with Crippen LogP contribution in [0.2, 0.25) is 0 Å². The number of methoxy groups -OCH3 is 1. The molecular formula is C14H20FNO2. The summed E-state index contributed by atoms with van der Waals surface area (Å²) in [6.07, 6.45) is 1.10. The quantitative estimate of drug-likeness (QED) is 0.873. The van der Waals surface area contributed by atoms with Crippen LogP contribution < -0.4 is 10.1 Å². The predicted molar refractivity (Wildman–Crippen MR) is 68.2 cm³/mol. The first kappa shape index (κ1) is 13.3. The lowest BCUT2D eigenvalue weighted by Gasteiger charge is -2.19. The van der Waals surface area contributed by atoms with Crippen LogP contribution in [-0.4, -0.2) is 26.4 Å². The molecule has 2 atom stereocenters. The topological polar surface area (TPSA) is 30.5 Å². The minimum atomic E-state index is -0.311. The Morgan fingerprint density at radius 2 is 2.39 bits per heavy atom. The molecule has 1 aliphatic heterocycles. The second-order valence-electron chi connectivity index (χ2n) is 4.76. The lowest BCUT2D eigenvalue weighted by atomic mass is 10.0. The summed E-state index contributed by atoms with van der Waals surface area (Å²) in [5.41, 5.74) is 0.930. The van der Waals surface area contributed by atoms with Crippen LogP contribution in [0.5, 0.6) is 5.75 Å². The van der Waals surface area contributed by atoms with Crippen LogP contribution in [-0.2, 0) is 11.3 Å². The molecule has 18 heavy (non-hydrogen) atoms. The zero-order chi connectivity index (χ0) is 13.0. The highest BCUT2D eigenvalue weighted by molar-refractivity contribution is 5.29.